The standard InChI is InChI=1S/C10H7Cl2NO/c11-9-2-1-7(5-10(9)12)14-8-3-4-13-6-8/h1-6,13H. The number of H-pyrrole nitrogens is 1. The van der Waals surface area contributed by atoms with Gasteiger partial charge in [-0.3, -0.25) is 0 Å². The highest BCUT2D eigenvalue weighted by molar-refractivity contribution is 6.42. The van der Waals surface area contributed by atoms with Crippen molar-refractivity contribution in [2.45, 2.75) is 0 Å². The molecule has 4 heteroatoms. The third-order valence-electron chi connectivity index (χ3n) is 1.70. The minimum atomic E-state index is 0.486. The molecule has 2 aromatic rings. The van der Waals surface area contributed by atoms with Crippen LogP contribution in [0.25, 0.3) is 0 Å². The number of ether oxygens (including phenoxy) is 1. The van der Waals surface area contributed by atoms with Gasteiger partial charge in [-0.15, -0.1) is 0 Å². The van der Waals surface area contributed by atoms with E-state index in [-0.39, 0.29) is 0 Å². The second kappa shape index (κ2) is 3.95. The zero-order valence-corrected chi connectivity index (χ0v) is 8.64. The van der Waals surface area contributed by atoms with E-state index in [1.54, 1.807) is 30.6 Å². The maximum Gasteiger partial charge on any atom is 0.144 e. The molecule has 1 aromatic carbocycles. The highest BCUT2D eigenvalue weighted by Gasteiger charge is 2.01. The molecule has 0 unspecified atom stereocenters. The molecule has 0 fully saturated rings. The third kappa shape index (κ3) is 2.03. The Bertz CT molecular complexity index is 426. The van der Waals surface area contributed by atoms with Crippen LogP contribution in [0.3, 0.4) is 0 Å². The average Bonchev–Trinajstić information content (AvgIpc) is 2.64. The summed E-state index contributed by atoms with van der Waals surface area (Å²) in [5.74, 6) is 1.40. The topological polar surface area (TPSA) is 25.0 Å². The van der Waals surface area contributed by atoms with E-state index in [1.807, 2.05) is 6.07 Å². The van der Waals surface area contributed by atoms with E-state index >= 15 is 0 Å². The summed E-state index contributed by atoms with van der Waals surface area (Å²) in [6, 6.07) is 6.96. The number of aromatic amines is 1. The van der Waals surface area contributed by atoms with Crippen LogP contribution >= 0.6 is 23.2 Å². The van der Waals surface area contributed by atoms with Gasteiger partial charge in [0, 0.05) is 18.5 Å². The molecule has 0 amide bonds. The van der Waals surface area contributed by atoms with Crippen LogP contribution in [0.4, 0.5) is 0 Å². The molecule has 14 heavy (non-hydrogen) atoms. The predicted octanol–water partition coefficient (Wildman–Crippen LogP) is 4.11. The van der Waals surface area contributed by atoms with Crippen molar-refractivity contribution in [2.24, 2.45) is 0 Å². The number of aromatic nitrogens is 1. The summed E-state index contributed by atoms with van der Waals surface area (Å²) < 4.78 is 5.48. The Hall–Kier alpha value is -1.12. The first-order valence-electron chi connectivity index (χ1n) is 4.01. The van der Waals surface area contributed by atoms with Gasteiger partial charge in [0.15, 0.2) is 0 Å². The molecular formula is C10H7Cl2NO. The Morgan fingerprint density at radius 1 is 1.00 bits per heavy atom. The Morgan fingerprint density at radius 2 is 1.86 bits per heavy atom. The smallest absolute Gasteiger partial charge is 0.144 e. The van der Waals surface area contributed by atoms with Crippen LogP contribution in [0.2, 0.25) is 10.0 Å². The van der Waals surface area contributed by atoms with E-state index in [2.05, 4.69) is 4.98 Å². The molecule has 0 spiro atoms. The van der Waals surface area contributed by atoms with E-state index in [9.17, 15) is 0 Å². The minimum Gasteiger partial charge on any atom is -0.456 e. The lowest BCUT2D eigenvalue weighted by atomic mass is 10.3. The fourth-order valence-electron chi connectivity index (χ4n) is 1.05. The molecule has 0 aliphatic rings. The zero-order chi connectivity index (χ0) is 9.97. The van der Waals surface area contributed by atoms with E-state index in [0.717, 1.165) is 5.75 Å². The molecule has 0 atom stereocenters. The highest BCUT2D eigenvalue weighted by atomic mass is 35.5. The largest absolute Gasteiger partial charge is 0.456 e. The molecular weight excluding hydrogens is 221 g/mol. The van der Waals surface area contributed by atoms with Crippen LogP contribution in [0, 0.1) is 0 Å². The first kappa shape index (κ1) is 9.44. The van der Waals surface area contributed by atoms with Crippen LogP contribution in [-0.2, 0) is 0 Å². The highest BCUT2D eigenvalue weighted by Crippen LogP contribution is 2.28. The molecule has 72 valence electrons. The Labute approximate surface area is 91.4 Å². The summed E-state index contributed by atoms with van der Waals surface area (Å²) in [5.41, 5.74) is 0. The quantitative estimate of drug-likeness (QED) is 0.821. The number of halogens is 2. The first-order chi connectivity index (χ1) is 6.75. The van der Waals surface area contributed by atoms with Crippen molar-refractivity contribution < 1.29 is 4.74 Å². The lowest BCUT2D eigenvalue weighted by Gasteiger charge is -2.03. The van der Waals surface area contributed by atoms with Crippen molar-refractivity contribution in [3.8, 4) is 11.5 Å². The van der Waals surface area contributed by atoms with E-state index in [4.69, 9.17) is 27.9 Å². The SMILES string of the molecule is Clc1ccc(Oc2cc[nH]c2)cc1Cl. The van der Waals surface area contributed by atoms with Gasteiger partial charge in [-0.05, 0) is 18.2 Å². The summed E-state index contributed by atoms with van der Waals surface area (Å²) in [6.45, 7) is 0. The molecule has 0 aliphatic carbocycles. The van der Waals surface area contributed by atoms with Crippen LogP contribution < -0.4 is 4.74 Å². The van der Waals surface area contributed by atoms with Gasteiger partial charge >= 0.3 is 0 Å². The third-order valence-corrected chi connectivity index (χ3v) is 2.44. The summed E-state index contributed by atoms with van der Waals surface area (Å²) in [6.07, 6.45) is 3.54. The molecule has 0 saturated heterocycles. The van der Waals surface area contributed by atoms with Crippen molar-refractivity contribution >= 4 is 23.2 Å². The second-order valence-corrected chi connectivity index (χ2v) is 3.54. The van der Waals surface area contributed by atoms with Crippen molar-refractivity contribution in [2.75, 3.05) is 0 Å². The van der Waals surface area contributed by atoms with E-state index in [1.165, 1.54) is 0 Å². The number of benzene rings is 1. The van der Waals surface area contributed by atoms with Gasteiger partial charge in [0.1, 0.15) is 11.5 Å². The molecule has 2 nitrogen and oxygen atoms in total. The fraction of sp³-hybridized carbons (Fsp3) is 0. The summed E-state index contributed by atoms with van der Waals surface area (Å²) in [7, 11) is 0. The van der Waals surface area contributed by atoms with Crippen molar-refractivity contribution in [1.29, 1.82) is 0 Å². The molecule has 0 bridgehead atoms. The number of rotatable bonds is 2. The van der Waals surface area contributed by atoms with Crippen LogP contribution in [0.15, 0.2) is 36.7 Å². The predicted molar refractivity (Wildman–Crippen MR) is 57.3 cm³/mol. The Morgan fingerprint density at radius 3 is 2.50 bits per heavy atom. The van der Waals surface area contributed by atoms with Crippen LogP contribution in [0.5, 0.6) is 11.5 Å². The molecule has 0 radical (unpaired) electrons. The van der Waals surface area contributed by atoms with Gasteiger partial charge in [-0.1, -0.05) is 23.2 Å². The molecule has 0 aliphatic heterocycles. The second-order valence-electron chi connectivity index (χ2n) is 2.72. The lowest BCUT2D eigenvalue weighted by Crippen LogP contribution is -1.81. The normalized spacial score (nSPS) is 10.1. The Balaban J connectivity index is 2.22. The molecule has 0 saturated carbocycles. The molecule has 1 heterocycles. The van der Waals surface area contributed by atoms with Gasteiger partial charge in [-0.2, -0.15) is 0 Å². The number of hydrogen-bond acceptors (Lipinski definition) is 1. The Kier molecular flexibility index (Phi) is 2.66. The fourth-order valence-corrected chi connectivity index (χ4v) is 1.34. The number of nitrogens with one attached hydrogen (secondary N) is 1. The molecule has 1 N–H and O–H groups in total. The van der Waals surface area contributed by atoms with Crippen molar-refractivity contribution in [3.63, 3.8) is 0 Å². The zero-order valence-electron chi connectivity index (χ0n) is 7.13. The molecule has 2 rings (SSSR count). The monoisotopic (exact) mass is 227 g/mol. The van der Waals surface area contributed by atoms with Gasteiger partial charge < -0.3 is 9.72 Å². The summed E-state index contributed by atoms with van der Waals surface area (Å²) in [4.78, 5) is 2.89. The average molecular weight is 228 g/mol. The van der Waals surface area contributed by atoms with E-state index in [0.29, 0.717) is 15.8 Å². The maximum atomic E-state index is 5.83. The van der Waals surface area contributed by atoms with Gasteiger partial charge in [0.05, 0.1) is 10.0 Å². The van der Waals surface area contributed by atoms with Gasteiger partial charge in [0.2, 0.25) is 0 Å². The molecule has 1 aromatic heterocycles. The van der Waals surface area contributed by atoms with Crippen molar-refractivity contribution in [3.05, 3.63) is 46.7 Å². The van der Waals surface area contributed by atoms with E-state index < -0.39 is 0 Å². The minimum absolute atomic E-state index is 0.486. The maximum absolute atomic E-state index is 5.83. The van der Waals surface area contributed by atoms with Crippen LogP contribution in [-0.4, -0.2) is 4.98 Å². The van der Waals surface area contributed by atoms with Crippen molar-refractivity contribution in [1.82, 2.24) is 4.98 Å². The summed E-state index contributed by atoms with van der Waals surface area (Å²) >= 11 is 11.6. The van der Waals surface area contributed by atoms with Gasteiger partial charge in [-0.25, -0.2) is 0 Å². The van der Waals surface area contributed by atoms with Crippen LogP contribution in [0.1, 0.15) is 0 Å². The number of hydrogen-bond donors (Lipinski definition) is 1. The first-order valence-corrected chi connectivity index (χ1v) is 4.77. The van der Waals surface area contributed by atoms with Gasteiger partial charge in [0.25, 0.3) is 0 Å². The summed E-state index contributed by atoms with van der Waals surface area (Å²) in [5, 5.41) is 1.01. The lowest BCUT2D eigenvalue weighted by molar-refractivity contribution is 0.483.